The van der Waals surface area contributed by atoms with Crippen molar-refractivity contribution in [2.24, 2.45) is 7.05 Å². The molecular weight excluding hydrogens is 264 g/mol. The number of aromatic nitrogens is 2. The van der Waals surface area contributed by atoms with Crippen LogP contribution in [0, 0.1) is 13.8 Å². The zero-order valence-corrected chi connectivity index (χ0v) is 13.0. The first-order chi connectivity index (χ1) is 10.0. The van der Waals surface area contributed by atoms with Gasteiger partial charge in [-0.1, -0.05) is 6.07 Å². The smallest absolute Gasteiger partial charge is 0.253 e. The van der Waals surface area contributed by atoms with Crippen LogP contribution in [-0.4, -0.2) is 22.2 Å². The quantitative estimate of drug-likeness (QED) is 0.887. The average Bonchev–Trinajstić information content (AvgIpc) is 2.77. The summed E-state index contributed by atoms with van der Waals surface area (Å²) in [5.74, 6) is -0.0748. The summed E-state index contributed by atoms with van der Waals surface area (Å²) in [6, 6.07) is 5.80. The van der Waals surface area contributed by atoms with E-state index in [-0.39, 0.29) is 5.91 Å². The number of rotatable bonds is 5. The Morgan fingerprint density at radius 2 is 2.10 bits per heavy atom. The maximum Gasteiger partial charge on any atom is 0.253 e. The fourth-order valence-corrected chi connectivity index (χ4v) is 2.18. The van der Waals surface area contributed by atoms with Crippen molar-refractivity contribution in [2.75, 3.05) is 11.9 Å². The highest BCUT2D eigenvalue weighted by molar-refractivity contribution is 5.99. The highest BCUT2D eigenvalue weighted by Gasteiger charge is 2.12. The van der Waals surface area contributed by atoms with Crippen molar-refractivity contribution in [3.8, 4) is 0 Å². The molecule has 5 nitrogen and oxygen atoms in total. The molecule has 1 aromatic heterocycles. The lowest BCUT2D eigenvalue weighted by Crippen LogP contribution is -2.24. The molecule has 1 heterocycles. The number of hydrogen-bond acceptors (Lipinski definition) is 3. The third-order valence-corrected chi connectivity index (χ3v) is 3.56. The van der Waals surface area contributed by atoms with Gasteiger partial charge < -0.3 is 10.6 Å². The van der Waals surface area contributed by atoms with Gasteiger partial charge in [-0.2, -0.15) is 5.10 Å². The van der Waals surface area contributed by atoms with Gasteiger partial charge in [-0.3, -0.25) is 9.48 Å². The van der Waals surface area contributed by atoms with E-state index in [1.54, 1.807) is 10.9 Å². The zero-order chi connectivity index (χ0) is 15.4. The lowest BCUT2D eigenvalue weighted by Gasteiger charge is -2.12. The van der Waals surface area contributed by atoms with E-state index in [0.29, 0.717) is 12.1 Å². The van der Waals surface area contributed by atoms with Crippen molar-refractivity contribution in [3.05, 3.63) is 46.8 Å². The normalized spacial score (nSPS) is 10.5. The minimum Gasteiger partial charge on any atom is -0.385 e. The molecule has 1 amide bonds. The van der Waals surface area contributed by atoms with E-state index in [4.69, 9.17) is 0 Å². The van der Waals surface area contributed by atoms with Crippen LogP contribution in [0.1, 0.15) is 34.1 Å². The molecule has 1 aromatic carbocycles. The van der Waals surface area contributed by atoms with E-state index < -0.39 is 0 Å². The van der Waals surface area contributed by atoms with Crippen molar-refractivity contribution in [2.45, 2.75) is 27.3 Å². The summed E-state index contributed by atoms with van der Waals surface area (Å²) in [6.45, 7) is 7.29. The number of amides is 1. The lowest BCUT2D eigenvalue weighted by molar-refractivity contribution is 0.0951. The number of carbonyl (C=O) groups is 1. The molecule has 112 valence electrons. The summed E-state index contributed by atoms with van der Waals surface area (Å²) in [4.78, 5) is 12.4. The van der Waals surface area contributed by atoms with Gasteiger partial charge in [0.1, 0.15) is 0 Å². The molecule has 0 fully saturated rings. The third-order valence-electron chi connectivity index (χ3n) is 3.56. The molecule has 2 rings (SSSR count). The Kier molecular flexibility index (Phi) is 4.62. The summed E-state index contributed by atoms with van der Waals surface area (Å²) < 4.78 is 1.80. The molecule has 0 unspecified atom stereocenters. The molecule has 0 aliphatic heterocycles. The number of nitrogens with zero attached hydrogens (tertiary/aromatic N) is 2. The van der Waals surface area contributed by atoms with Gasteiger partial charge >= 0.3 is 0 Å². The van der Waals surface area contributed by atoms with Crippen LogP contribution in [0.15, 0.2) is 24.4 Å². The second-order valence-corrected chi connectivity index (χ2v) is 5.14. The van der Waals surface area contributed by atoms with Gasteiger partial charge in [0.2, 0.25) is 0 Å². The van der Waals surface area contributed by atoms with E-state index in [1.165, 1.54) is 0 Å². The van der Waals surface area contributed by atoms with Gasteiger partial charge in [0.05, 0.1) is 11.8 Å². The SMILES string of the molecule is CCNc1cc(C)ccc1C(=O)NCc1cnn(C)c1C. The summed E-state index contributed by atoms with van der Waals surface area (Å²) in [5, 5.41) is 10.4. The maximum absolute atomic E-state index is 12.4. The van der Waals surface area contributed by atoms with Gasteiger partial charge in [-0.15, -0.1) is 0 Å². The molecule has 0 saturated heterocycles. The molecule has 0 bridgehead atoms. The van der Waals surface area contributed by atoms with E-state index in [0.717, 1.165) is 29.1 Å². The molecule has 21 heavy (non-hydrogen) atoms. The first-order valence-corrected chi connectivity index (χ1v) is 7.13. The number of carbonyl (C=O) groups excluding carboxylic acids is 1. The molecule has 0 saturated carbocycles. The second kappa shape index (κ2) is 6.43. The van der Waals surface area contributed by atoms with Gasteiger partial charge in [0, 0.05) is 37.1 Å². The number of aryl methyl sites for hydroxylation is 2. The van der Waals surface area contributed by atoms with Crippen LogP contribution < -0.4 is 10.6 Å². The van der Waals surface area contributed by atoms with Gasteiger partial charge in [0.25, 0.3) is 5.91 Å². The van der Waals surface area contributed by atoms with Gasteiger partial charge in [-0.25, -0.2) is 0 Å². The fraction of sp³-hybridized carbons (Fsp3) is 0.375. The number of anilines is 1. The Bertz CT molecular complexity index is 646. The average molecular weight is 286 g/mol. The van der Waals surface area contributed by atoms with Gasteiger partial charge in [0.15, 0.2) is 0 Å². The first kappa shape index (κ1) is 15.1. The van der Waals surface area contributed by atoms with Crippen molar-refractivity contribution < 1.29 is 4.79 Å². The Balaban J connectivity index is 2.11. The van der Waals surface area contributed by atoms with Crippen LogP contribution in [-0.2, 0) is 13.6 Å². The van der Waals surface area contributed by atoms with Crippen LogP contribution in [0.5, 0.6) is 0 Å². The van der Waals surface area contributed by atoms with Crippen molar-refractivity contribution in [3.63, 3.8) is 0 Å². The minimum atomic E-state index is -0.0748. The number of nitrogens with one attached hydrogen (secondary N) is 2. The summed E-state index contributed by atoms with van der Waals surface area (Å²) in [6.07, 6.45) is 1.79. The summed E-state index contributed by atoms with van der Waals surface area (Å²) in [7, 11) is 1.89. The van der Waals surface area contributed by atoms with Crippen molar-refractivity contribution in [1.29, 1.82) is 0 Å². The molecule has 0 spiro atoms. The van der Waals surface area contributed by atoms with Crippen LogP contribution in [0.4, 0.5) is 5.69 Å². The van der Waals surface area contributed by atoms with Crippen LogP contribution in [0.3, 0.4) is 0 Å². The van der Waals surface area contributed by atoms with Crippen LogP contribution in [0.25, 0.3) is 0 Å². The third kappa shape index (κ3) is 3.42. The predicted molar refractivity (Wildman–Crippen MR) is 84.5 cm³/mol. The Labute approximate surface area is 125 Å². The molecule has 2 N–H and O–H groups in total. The molecule has 0 radical (unpaired) electrons. The molecule has 5 heteroatoms. The molecule has 2 aromatic rings. The zero-order valence-electron chi connectivity index (χ0n) is 13.0. The van der Waals surface area contributed by atoms with E-state index in [2.05, 4.69) is 15.7 Å². The number of hydrogen-bond donors (Lipinski definition) is 2. The van der Waals surface area contributed by atoms with Crippen molar-refractivity contribution >= 4 is 11.6 Å². The Morgan fingerprint density at radius 3 is 2.71 bits per heavy atom. The standard InChI is InChI=1S/C16H22N4O/c1-5-17-15-8-11(2)6-7-14(15)16(21)18-9-13-10-19-20(4)12(13)3/h6-8,10,17H,5,9H2,1-4H3,(H,18,21). The topological polar surface area (TPSA) is 59.0 Å². The fourth-order valence-electron chi connectivity index (χ4n) is 2.18. The Morgan fingerprint density at radius 1 is 1.33 bits per heavy atom. The largest absolute Gasteiger partial charge is 0.385 e. The van der Waals surface area contributed by atoms with Crippen molar-refractivity contribution in [1.82, 2.24) is 15.1 Å². The van der Waals surface area contributed by atoms with Crippen LogP contribution in [0.2, 0.25) is 0 Å². The molecule has 0 aliphatic rings. The maximum atomic E-state index is 12.4. The second-order valence-electron chi connectivity index (χ2n) is 5.14. The van der Waals surface area contributed by atoms with E-state index in [9.17, 15) is 4.79 Å². The summed E-state index contributed by atoms with van der Waals surface area (Å²) >= 11 is 0. The summed E-state index contributed by atoms with van der Waals surface area (Å²) in [5.41, 5.74) is 4.77. The highest BCUT2D eigenvalue weighted by Crippen LogP contribution is 2.17. The van der Waals surface area contributed by atoms with Crippen LogP contribution >= 0.6 is 0 Å². The van der Waals surface area contributed by atoms with E-state index in [1.807, 2.05) is 46.0 Å². The minimum absolute atomic E-state index is 0.0748. The molecule has 0 atom stereocenters. The molecule has 0 aliphatic carbocycles. The lowest BCUT2D eigenvalue weighted by atomic mass is 10.1. The highest BCUT2D eigenvalue weighted by atomic mass is 16.1. The monoisotopic (exact) mass is 286 g/mol. The number of benzene rings is 1. The Hall–Kier alpha value is -2.30. The van der Waals surface area contributed by atoms with E-state index >= 15 is 0 Å². The molecular formula is C16H22N4O. The van der Waals surface area contributed by atoms with Gasteiger partial charge in [-0.05, 0) is 38.5 Å². The first-order valence-electron chi connectivity index (χ1n) is 7.13. The predicted octanol–water partition coefficient (Wildman–Crippen LogP) is 2.40.